The first-order valence-corrected chi connectivity index (χ1v) is 8.41. The van der Waals surface area contributed by atoms with Crippen molar-refractivity contribution < 1.29 is 13.6 Å². The first-order valence-electron chi connectivity index (χ1n) is 8.41. The summed E-state index contributed by atoms with van der Waals surface area (Å²) in [4.78, 5) is 16.8. The van der Waals surface area contributed by atoms with Gasteiger partial charge in [-0.15, -0.1) is 0 Å². The second-order valence-electron chi connectivity index (χ2n) is 6.42. The Bertz CT molecular complexity index is 906. The zero-order valence-electron chi connectivity index (χ0n) is 14.1. The van der Waals surface area contributed by atoms with Gasteiger partial charge in [-0.3, -0.25) is 9.69 Å². The monoisotopic (exact) mass is 341 g/mol. The summed E-state index contributed by atoms with van der Waals surface area (Å²) in [6.07, 6.45) is 1.63. The standard InChI is InChI=1S/C19H20FN3O2/c1-21-16-6-11-25-18(16)12-17(21)19(24)23-9-7-22(8-10-23)13-14-4-2-3-5-15(14)20/h2-6,11-12H,7-10,13H2,1H3. The summed E-state index contributed by atoms with van der Waals surface area (Å²) in [5.41, 5.74) is 2.98. The minimum absolute atomic E-state index is 0.0134. The number of carbonyl (C=O) groups excluding carboxylic acids is 1. The van der Waals surface area contributed by atoms with Crippen LogP contribution in [0.3, 0.4) is 0 Å². The average Bonchev–Trinajstić information content (AvgIpc) is 3.20. The molecule has 3 heterocycles. The highest BCUT2D eigenvalue weighted by molar-refractivity contribution is 5.97. The SMILES string of the molecule is Cn1c(C(=O)N2CCN(Cc3ccccc3F)CC2)cc2occc21. The third-order valence-corrected chi connectivity index (χ3v) is 4.89. The van der Waals surface area contributed by atoms with Crippen molar-refractivity contribution in [1.82, 2.24) is 14.4 Å². The molecule has 0 spiro atoms. The van der Waals surface area contributed by atoms with E-state index in [0.29, 0.717) is 30.9 Å². The number of rotatable bonds is 3. The Morgan fingerprint density at radius 2 is 1.92 bits per heavy atom. The fourth-order valence-corrected chi connectivity index (χ4v) is 3.39. The van der Waals surface area contributed by atoms with Crippen molar-refractivity contribution in [3.8, 4) is 0 Å². The van der Waals surface area contributed by atoms with E-state index in [-0.39, 0.29) is 11.7 Å². The Morgan fingerprint density at radius 1 is 1.16 bits per heavy atom. The number of carbonyl (C=O) groups is 1. The predicted molar refractivity (Wildman–Crippen MR) is 92.8 cm³/mol. The highest BCUT2D eigenvalue weighted by Crippen LogP contribution is 2.21. The van der Waals surface area contributed by atoms with Crippen LogP contribution in [-0.4, -0.2) is 46.5 Å². The molecule has 3 aromatic rings. The number of aryl methyl sites for hydroxylation is 1. The number of benzene rings is 1. The smallest absolute Gasteiger partial charge is 0.270 e. The molecule has 1 aliphatic rings. The molecule has 0 unspecified atom stereocenters. The topological polar surface area (TPSA) is 41.6 Å². The largest absolute Gasteiger partial charge is 0.463 e. The van der Waals surface area contributed by atoms with E-state index in [1.54, 1.807) is 18.4 Å². The number of furan rings is 1. The molecule has 0 saturated carbocycles. The van der Waals surface area contributed by atoms with Gasteiger partial charge in [-0.1, -0.05) is 18.2 Å². The average molecular weight is 341 g/mol. The van der Waals surface area contributed by atoms with Gasteiger partial charge in [-0.2, -0.15) is 0 Å². The molecule has 1 amide bonds. The summed E-state index contributed by atoms with van der Waals surface area (Å²) in [6, 6.07) is 10.5. The number of nitrogens with zero attached hydrogens (tertiary/aromatic N) is 3. The highest BCUT2D eigenvalue weighted by atomic mass is 19.1. The lowest BCUT2D eigenvalue weighted by atomic mass is 10.2. The summed E-state index contributed by atoms with van der Waals surface area (Å²) < 4.78 is 21.0. The third kappa shape index (κ3) is 2.93. The van der Waals surface area contributed by atoms with Crippen LogP contribution in [0, 0.1) is 5.82 Å². The summed E-state index contributed by atoms with van der Waals surface area (Å²) in [6.45, 7) is 3.33. The first kappa shape index (κ1) is 15.9. The molecule has 0 radical (unpaired) electrons. The fraction of sp³-hybridized carbons (Fsp3) is 0.316. The summed E-state index contributed by atoms with van der Waals surface area (Å²) in [7, 11) is 1.87. The van der Waals surface area contributed by atoms with Gasteiger partial charge in [0.1, 0.15) is 11.5 Å². The molecule has 6 heteroatoms. The number of hydrogen-bond acceptors (Lipinski definition) is 3. The molecular formula is C19H20FN3O2. The van der Waals surface area contributed by atoms with Crippen LogP contribution in [-0.2, 0) is 13.6 Å². The molecule has 0 bridgehead atoms. The maximum atomic E-state index is 13.8. The summed E-state index contributed by atoms with van der Waals surface area (Å²) in [5.74, 6) is -0.160. The maximum absolute atomic E-state index is 13.8. The van der Waals surface area contributed by atoms with Crippen molar-refractivity contribution in [1.29, 1.82) is 0 Å². The van der Waals surface area contributed by atoms with Crippen molar-refractivity contribution in [2.75, 3.05) is 26.2 Å². The Hall–Kier alpha value is -2.60. The van der Waals surface area contributed by atoms with E-state index in [0.717, 1.165) is 24.2 Å². The van der Waals surface area contributed by atoms with E-state index in [1.807, 2.05) is 34.7 Å². The zero-order chi connectivity index (χ0) is 17.4. The van der Waals surface area contributed by atoms with E-state index in [1.165, 1.54) is 6.07 Å². The minimum atomic E-state index is -0.174. The van der Waals surface area contributed by atoms with Crippen LogP contribution in [0.2, 0.25) is 0 Å². The number of piperazine rings is 1. The predicted octanol–water partition coefficient (Wildman–Crippen LogP) is 2.87. The highest BCUT2D eigenvalue weighted by Gasteiger charge is 2.25. The van der Waals surface area contributed by atoms with Crippen molar-refractivity contribution in [3.05, 3.63) is 59.7 Å². The van der Waals surface area contributed by atoms with Gasteiger partial charge < -0.3 is 13.9 Å². The molecule has 2 aromatic heterocycles. The van der Waals surface area contributed by atoms with Crippen LogP contribution >= 0.6 is 0 Å². The van der Waals surface area contributed by atoms with Crippen LogP contribution in [0.4, 0.5) is 4.39 Å². The van der Waals surface area contributed by atoms with Gasteiger partial charge in [0.05, 0.1) is 11.8 Å². The van der Waals surface area contributed by atoms with Gasteiger partial charge in [0.25, 0.3) is 5.91 Å². The first-order chi connectivity index (χ1) is 12.1. The zero-order valence-corrected chi connectivity index (χ0v) is 14.1. The number of amides is 1. The van der Waals surface area contributed by atoms with Gasteiger partial charge in [-0.05, 0) is 6.07 Å². The van der Waals surface area contributed by atoms with Crippen LogP contribution in [0.15, 0.2) is 47.1 Å². The Morgan fingerprint density at radius 3 is 2.64 bits per heavy atom. The van der Waals surface area contributed by atoms with Crippen molar-refractivity contribution >= 4 is 17.0 Å². The number of halogens is 1. The number of hydrogen-bond donors (Lipinski definition) is 0. The summed E-state index contributed by atoms with van der Waals surface area (Å²) >= 11 is 0. The molecule has 1 aliphatic heterocycles. The van der Waals surface area contributed by atoms with E-state index in [9.17, 15) is 9.18 Å². The van der Waals surface area contributed by atoms with Gasteiger partial charge >= 0.3 is 0 Å². The van der Waals surface area contributed by atoms with Gasteiger partial charge in [0, 0.05) is 57.5 Å². The normalized spacial score (nSPS) is 15.8. The quantitative estimate of drug-likeness (QED) is 0.736. The number of aromatic nitrogens is 1. The lowest BCUT2D eigenvalue weighted by Crippen LogP contribution is -2.48. The van der Waals surface area contributed by atoms with Crippen molar-refractivity contribution in [2.45, 2.75) is 6.54 Å². The van der Waals surface area contributed by atoms with E-state index < -0.39 is 0 Å². The van der Waals surface area contributed by atoms with Crippen LogP contribution in [0.5, 0.6) is 0 Å². The molecule has 5 nitrogen and oxygen atoms in total. The van der Waals surface area contributed by atoms with Crippen LogP contribution in [0.25, 0.3) is 11.1 Å². The number of fused-ring (bicyclic) bond motifs is 1. The van der Waals surface area contributed by atoms with Crippen molar-refractivity contribution in [3.63, 3.8) is 0 Å². The second-order valence-corrected chi connectivity index (χ2v) is 6.42. The third-order valence-electron chi connectivity index (χ3n) is 4.89. The Labute approximate surface area is 145 Å². The van der Waals surface area contributed by atoms with Gasteiger partial charge in [0.15, 0.2) is 5.58 Å². The van der Waals surface area contributed by atoms with E-state index >= 15 is 0 Å². The van der Waals surface area contributed by atoms with Gasteiger partial charge in [0.2, 0.25) is 0 Å². The molecule has 0 atom stereocenters. The van der Waals surface area contributed by atoms with Crippen LogP contribution in [0.1, 0.15) is 16.1 Å². The van der Waals surface area contributed by atoms with Crippen molar-refractivity contribution in [2.24, 2.45) is 7.05 Å². The molecule has 1 saturated heterocycles. The van der Waals surface area contributed by atoms with Crippen LogP contribution < -0.4 is 0 Å². The maximum Gasteiger partial charge on any atom is 0.270 e. The van der Waals surface area contributed by atoms with E-state index in [2.05, 4.69) is 4.90 Å². The fourth-order valence-electron chi connectivity index (χ4n) is 3.39. The molecule has 130 valence electrons. The molecule has 1 fully saturated rings. The van der Waals surface area contributed by atoms with E-state index in [4.69, 9.17) is 4.42 Å². The van der Waals surface area contributed by atoms with Gasteiger partial charge in [-0.25, -0.2) is 4.39 Å². The summed E-state index contributed by atoms with van der Waals surface area (Å²) in [5, 5.41) is 0. The molecule has 1 aromatic carbocycles. The molecule has 0 N–H and O–H groups in total. The lowest BCUT2D eigenvalue weighted by molar-refractivity contribution is 0.0618. The molecule has 25 heavy (non-hydrogen) atoms. The molecule has 0 aliphatic carbocycles. The minimum Gasteiger partial charge on any atom is -0.463 e. The molecular weight excluding hydrogens is 321 g/mol. The Kier molecular flexibility index (Phi) is 4.05. The Balaban J connectivity index is 1.41. The molecule has 4 rings (SSSR count). The lowest BCUT2D eigenvalue weighted by Gasteiger charge is -2.34. The second kappa shape index (κ2) is 6.37.